The van der Waals surface area contributed by atoms with Gasteiger partial charge in [-0.1, -0.05) is 0 Å². The Bertz CT molecular complexity index is 1060. The zero-order valence-electron chi connectivity index (χ0n) is 13.9. The molecule has 0 spiro atoms. The molecule has 8 nitrogen and oxygen atoms in total. The van der Waals surface area contributed by atoms with E-state index in [0.717, 1.165) is 37.5 Å². The van der Waals surface area contributed by atoms with Crippen LogP contribution in [0.2, 0.25) is 0 Å². The standard InChI is InChI=1S/C14H18N6O2S2/c1-7-8(2)16-17-14-10(7)11-12(23-14)13(18-19(11)3)15-9-5-20(6-9)24(4,21)22/h9H,5-6H2,1-4H3,(H,15,18). The third kappa shape index (κ3) is 2.28. The van der Waals surface area contributed by atoms with E-state index in [0.29, 0.717) is 13.1 Å². The van der Waals surface area contributed by atoms with E-state index in [1.807, 2.05) is 18.7 Å². The number of thiophene rings is 1. The zero-order chi connectivity index (χ0) is 17.2. The lowest BCUT2D eigenvalue weighted by molar-refractivity contribution is 0.282. The molecule has 0 amide bonds. The number of fused-ring (bicyclic) bond motifs is 3. The number of hydrogen-bond donors (Lipinski definition) is 1. The second-order valence-electron chi connectivity index (χ2n) is 6.26. The number of aryl methyl sites for hydroxylation is 3. The normalized spacial score (nSPS) is 16.8. The molecule has 0 unspecified atom stereocenters. The van der Waals surface area contributed by atoms with E-state index in [2.05, 4.69) is 27.5 Å². The van der Waals surface area contributed by atoms with Gasteiger partial charge in [-0.3, -0.25) is 4.68 Å². The number of sulfonamides is 1. The molecule has 1 aliphatic heterocycles. The summed E-state index contributed by atoms with van der Waals surface area (Å²) >= 11 is 1.56. The molecule has 1 saturated heterocycles. The van der Waals surface area contributed by atoms with Gasteiger partial charge in [0.05, 0.1) is 28.2 Å². The molecular formula is C14H18N6O2S2. The smallest absolute Gasteiger partial charge is 0.211 e. The van der Waals surface area contributed by atoms with Gasteiger partial charge in [0, 0.05) is 25.5 Å². The molecule has 10 heteroatoms. The first-order valence-corrected chi connectivity index (χ1v) is 10.2. The molecular weight excluding hydrogens is 348 g/mol. The average Bonchev–Trinajstić information content (AvgIpc) is 2.95. The Hall–Kier alpha value is -1.78. The van der Waals surface area contributed by atoms with Crippen molar-refractivity contribution < 1.29 is 8.42 Å². The first kappa shape index (κ1) is 15.7. The molecule has 128 valence electrons. The second-order valence-corrected chi connectivity index (χ2v) is 9.25. The van der Waals surface area contributed by atoms with E-state index < -0.39 is 10.0 Å². The van der Waals surface area contributed by atoms with Crippen molar-refractivity contribution in [3.05, 3.63) is 11.3 Å². The number of nitrogens with zero attached hydrogens (tertiary/aromatic N) is 5. The summed E-state index contributed by atoms with van der Waals surface area (Å²) in [4.78, 5) is 0.899. The van der Waals surface area contributed by atoms with E-state index in [4.69, 9.17) is 0 Å². The molecule has 1 N–H and O–H groups in total. The van der Waals surface area contributed by atoms with Crippen molar-refractivity contribution in [2.75, 3.05) is 24.7 Å². The molecule has 1 aliphatic rings. The van der Waals surface area contributed by atoms with Crippen LogP contribution in [0.4, 0.5) is 5.82 Å². The van der Waals surface area contributed by atoms with Crippen molar-refractivity contribution in [2.45, 2.75) is 19.9 Å². The molecule has 0 aliphatic carbocycles. The highest BCUT2D eigenvalue weighted by molar-refractivity contribution is 7.88. The monoisotopic (exact) mass is 366 g/mol. The molecule has 24 heavy (non-hydrogen) atoms. The lowest BCUT2D eigenvalue weighted by Crippen LogP contribution is -2.56. The number of nitrogens with one attached hydrogen (secondary N) is 1. The fourth-order valence-electron chi connectivity index (χ4n) is 3.00. The highest BCUT2D eigenvalue weighted by atomic mass is 32.2. The Morgan fingerprint density at radius 3 is 2.62 bits per heavy atom. The Labute approximate surface area is 143 Å². The van der Waals surface area contributed by atoms with Gasteiger partial charge in [0.1, 0.15) is 4.83 Å². The number of rotatable bonds is 3. The summed E-state index contributed by atoms with van der Waals surface area (Å²) in [5, 5.41) is 17.5. The van der Waals surface area contributed by atoms with Crippen molar-refractivity contribution in [1.82, 2.24) is 24.3 Å². The van der Waals surface area contributed by atoms with Crippen LogP contribution in [0.1, 0.15) is 11.3 Å². The van der Waals surface area contributed by atoms with Crippen LogP contribution in [0.15, 0.2) is 0 Å². The maximum Gasteiger partial charge on any atom is 0.211 e. The van der Waals surface area contributed by atoms with Gasteiger partial charge in [0.2, 0.25) is 10.0 Å². The van der Waals surface area contributed by atoms with Crippen LogP contribution in [0.25, 0.3) is 20.4 Å². The largest absolute Gasteiger partial charge is 0.362 e. The fraction of sp³-hybridized carbons (Fsp3) is 0.500. The summed E-state index contributed by atoms with van der Waals surface area (Å²) in [5.41, 5.74) is 3.08. The second kappa shape index (κ2) is 5.11. The van der Waals surface area contributed by atoms with Crippen LogP contribution in [-0.4, -0.2) is 58.1 Å². The van der Waals surface area contributed by atoms with E-state index in [1.54, 1.807) is 11.3 Å². The lowest BCUT2D eigenvalue weighted by atomic mass is 10.1. The lowest BCUT2D eigenvalue weighted by Gasteiger charge is -2.37. The van der Waals surface area contributed by atoms with Gasteiger partial charge in [-0.05, 0) is 19.4 Å². The van der Waals surface area contributed by atoms with Crippen LogP contribution in [0, 0.1) is 13.8 Å². The summed E-state index contributed by atoms with van der Waals surface area (Å²) in [5.74, 6) is 0.783. The summed E-state index contributed by atoms with van der Waals surface area (Å²) in [6.45, 7) is 4.95. The SMILES string of the molecule is Cc1nnc2sc3c(NC4CN(S(C)(=O)=O)C4)nn(C)c3c2c1C. The van der Waals surface area contributed by atoms with E-state index in [9.17, 15) is 8.42 Å². The Kier molecular flexibility index (Phi) is 3.35. The highest BCUT2D eigenvalue weighted by Crippen LogP contribution is 2.39. The molecule has 0 bridgehead atoms. The van der Waals surface area contributed by atoms with Gasteiger partial charge < -0.3 is 5.32 Å². The Morgan fingerprint density at radius 1 is 1.25 bits per heavy atom. The number of anilines is 1. The Balaban J connectivity index is 1.72. The van der Waals surface area contributed by atoms with Crippen molar-refractivity contribution in [3.63, 3.8) is 0 Å². The predicted molar refractivity (Wildman–Crippen MR) is 95.0 cm³/mol. The summed E-state index contributed by atoms with van der Waals surface area (Å²) in [6.07, 6.45) is 1.23. The van der Waals surface area contributed by atoms with E-state index in [1.165, 1.54) is 10.6 Å². The van der Waals surface area contributed by atoms with Gasteiger partial charge in [-0.15, -0.1) is 16.4 Å². The van der Waals surface area contributed by atoms with Crippen molar-refractivity contribution in [1.29, 1.82) is 0 Å². The average molecular weight is 366 g/mol. The van der Waals surface area contributed by atoms with Crippen molar-refractivity contribution in [3.8, 4) is 0 Å². The van der Waals surface area contributed by atoms with Gasteiger partial charge in [0.15, 0.2) is 5.82 Å². The molecule has 0 atom stereocenters. The van der Waals surface area contributed by atoms with Gasteiger partial charge in [0.25, 0.3) is 0 Å². The summed E-state index contributed by atoms with van der Waals surface area (Å²) in [6, 6.07) is 0.0805. The number of hydrogen-bond acceptors (Lipinski definition) is 7. The minimum absolute atomic E-state index is 0.0805. The molecule has 0 saturated carbocycles. The first-order chi connectivity index (χ1) is 11.3. The maximum absolute atomic E-state index is 11.5. The quantitative estimate of drug-likeness (QED) is 0.750. The van der Waals surface area contributed by atoms with Crippen LogP contribution >= 0.6 is 11.3 Å². The van der Waals surface area contributed by atoms with Crippen LogP contribution in [0.5, 0.6) is 0 Å². The number of aromatic nitrogens is 4. The Morgan fingerprint density at radius 2 is 1.96 bits per heavy atom. The minimum Gasteiger partial charge on any atom is -0.362 e. The van der Waals surface area contributed by atoms with Crippen LogP contribution in [0.3, 0.4) is 0 Å². The van der Waals surface area contributed by atoms with Gasteiger partial charge in [-0.2, -0.15) is 14.5 Å². The van der Waals surface area contributed by atoms with E-state index >= 15 is 0 Å². The van der Waals surface area contributed by atoms with Gasteiger partial charge in [-0.25, -0.2) is 8.42 Å². The van der Waals surface area contributed by atoms with Crippen LogP contribution < -0.4 is 5.32 Å². The van der Waals surface area contributed by atoms with Crippen LogP contribution in [-0.2, 0) is 17.1 Å². The molecule has 4 rings (SSSR count). The zero-order valence-corrected chi connectivity index (χ0v) is 15.5. The van der Waals surface area contributed by atoms with Gasteiger partial charge >= 0.3 is 0 Å². The fourth-order valence-corrected chi connectivity index (χ4v) is 5.05. The molecule has 0 aromatic carbocycles. The molecule has 3 aromatic heterocycles. The molecule has 1 fully saturated rings. The molecule has 0 radical (unpaired) electrons. The first-order valence-electron chi connectivity index (χ1n) is 7.56. The minimum atomic E-state index is -3.11. The predicted octanol–water partition coefficient (Wildman–Crippen LogP) is 1.25. The molecule has 3 aromatic rings. The van der Waals surface area contributed by atoms with Crippen molar-refractivity contribution in [2.24, 2.45) is 7.05 Å². The third-order valence-electron chi connectivity index (χ3n) is 4.52. The highest BCUT2D eigenvalue weighted by Gasteiger charge is 2.34. The van der Waals surface area contributed by atoms with E-state index in [-0.39, 0.29) is 6.04 Å². The molecule has 4 heterocycles. The van der Waals surface area contributed by atoms with Crippen molar-refractivity contribution >= 4 is 47.6 Å². The summed E-state index contributed by atoms with van der Waals surface area (Å²) < 4.78 is 27.3. The topological polar surface area (TPSA) is 93.0 Å². The maximum atomic E-state index is 11.5. The summed E-state index contributed by atoms with van der Waals surface area (Å²) in [7, 11) is -1.19. The third-order valence-corrected chi connectivity index (χ3v) is 6.83.